The number of esters is 2. The summed E-state index contributed by atoms with van der Waals surface area (Å²) in [4.78, 5) is 37.3. The molecule has 1 aliphatic heterocycles. The maximum absolute atomic E-state index is 12.6. The number of ether oxygens (including phenoxy) is 3. The number of benzene rings is 1. The third-order valence-electron chi connectivity index (χ3n) is 4.16. The summed E-state index contributed by atoms with van der Waals surface area (Å²) in [5.74, 6) is -3.21. The van der Waals surface area contributed by atoms with E-state index < -0.39 is 34.2 Å². The number of nitro groups is 1. The largest absolute Gasteiger partial charge is 0.500 e. The van der Waals surface area contributed by atoms with Crippen LogP contribution in [0.3, 0.4) is 0 Å². The van der Waals surface area contributed by atoms with Gasteiger partial charge in [0.2, 0.25) is 5.75 Å². The first-order chi connectivity index (χ1) is 13.7. The Labute approximate surface area is 167 Å². The standard InChI is InChI=1S/C19H22N2O8/c1-5-28-18(23)12-9-20(3)10-13(19(24)29-6-2)16(12)11-7-14(21(25)26)17(22)15(8-11)27-4/h7-10,16,22H,5-6H2,1-4H3. The average molecular weight is 406 g/mol. The Morgan fingerprint density at radius 2 is 1.66 bits per heavy atom. The average Bonchev–Trinajstić information content (AvgIpc) is 2.67. The number of carbonyl (C=O) groups is 2. The fourth-order valence-corrected chi connectivity index (χ4v) is 3.00. The molecule has 1 N–H and O–H groups in total. The molecule has 0 radical (unpaired) electrons. The van der Waals surface area contributed by atoms with E-state index in [0.29, 0.717) is 0 Å². The molecular formula is C19H22N2O8. The highest BCUT2D eigenvalue weighted by Gasteiger charge is 2.37. The minimum Gasteiger partial charge on any atom is -0.500 e. The van der Waals surface area contributed by atoms with E-state index in [2.05, 4.69) is 0 Å². The fourth-order valence-electron chi connectivity index (χ4n) is 3.00. The number of hydrogen-bond acceptors (Lipinski definition) is 9. The van der Waals surface area contributed by atoms with Crippen LogP contribution in [0.4, 0.5) is 5.69 Å². The number of hydrogen-bond donors (Lipinski definition) is 1. The normalized spacial score (nSPS) is 14.0. The molecule has 0 atom stereocenters. The highest BCUT2D eigenvalue weighted by atomic mass is 16.6. The number of phenolic OH excluding ortho intramolecular Hbond substituents is 1. The molecule has 0 bridgehead atoms. The summed E-state index contributed by atoms with van der Waals surface area (Å²) in [6, 6.07) is 2.42. The molecule has 0 saturated heterocycles. The topological polar surface area (TPSA) is 128 Å². The van der Waals surface area contributed by atoms with Gasteiger partial charge in [-0.1, -0.05) is 0 Å². The van der Waals surface area contributed by atoms with E-state index in [-0.39, 0.29) is 35.7 Å². The maximum Gasteiger partial charge on any atom is 0.336 e. The van der Waals surface area contributed by atoms with Gasteiger partial charge >= 0.3 is 17.6 Å². The number of methoxy groups -OCH3 is 1. The molecule has 0 saturated carbocycles. The summed E-state index contributed by atoms with van der Waals surface area (Å²) in [6.07, 6.45) is 2.94. The summed E-state index contributed by atoms with van der Waals surface area (Å²) in [5, 5.41) is 21.4. The van der Waals surface area contributed by atoms with E-state index in [1.54, 1.807) is 20.9 Å². The Morgan fingerprint density at radius 1 is 1.14 bits per heavy atom. The Kier molecular flexibility index (Phi) is 6.81. The van der Waals surface area contributed by atoms with E-state index >= 15 is 0 Å². The number of carbonyl (C=O) groups excluding carboxylic acids is 2. The van der Waals surface area contributed by atoms with E-state index in [1.807, 2.05) is 0 Å². The van der Waals surface area contributed by atoms with Crippen LogP contribution in [0.5, 0.6) is 11.5 Å². The van der Waals surface area contributed by atoms with Crippen molar-refractivity contribution >= 4 is 17.6 Å². The lowest BCUT2D eigenvalue weighted by Gasteiger charge is -2.28. The number of aromatic hydroxyl groups is 1. The second-order valence-corrected chi connectivity index (χ2v) is 6.06. The van der Waals surface area contributed by atoms with Gasteiger partial charge in [-0.25, -0.2) is 9.59 Å². The molecule has 0 spiro atoms. The zero-order valence-electron chi connectivity index (χ0n) is 16.5. The van der Waals surface area contributed by atoms with Gasteiger partial charge in [-0.3, -0.25) is 10.1 Å². The summed E-state index contributed by atoms with van der Waals surface area (Å²) in [6.45, 7) is 3.47. The van der Waals surface area contributed by atoms with Gasteiger partial charge in [-0.15, -0.1) is 0 Å². The molecule has 10 heteroatoms. The van der Waals surface area contributed by atoms with E-state index in [1.165, 1.54) is 30.5 Å². The van der Waals surface area contributed by atoms with Crippen LogP contribution in [0.1, 0.15) is 25.3 Å². The quantitative estimate of drug-likeness (QED) is 0.412. The SMILES string of the molecule is CCOC(=O)C1=CN(C)C=C(C(=O)OCC)C1c1cc(OC)c(O)c([N+](=O)[O-])c1. The Balaban J connectivity index is 2.72. The minimum atomic E-state index is -1.02. The maximum atomic E-state index is 12.6. The van der Waals surface area contributed by atoms with Crippen LogP contribution in [0.15, 0.2) is 35.7 Å². The van der Waals surface area contributed by atoms with Crippen LogP contribution >= 0.6 is 0 Å². The number of rotatable bonds is 7. The molecule has 0 fully saturated rings. The molecule has 1 aromatic carbocycles. The van der Waals surface area contributed by atoms with Crippen LogP contribution in [0.25, 0.3) is 0 Å². The molecule has 10 nitrogen and oxygen atoms in total. The van der Waals surface area contributed by atoms with Crippen molar-refractivity contribution in [3.63, 3.8) is 0 Å². The lowest BCUT2D eigenvalue weighted by molar-refractivity contribution is -0.386. The van der Waals surface area contributed by atoms with Crippen molar-refractivity contribution in [1.82, 2.24) is 4.90 Å². The highest BCUT2D eigenvalue weighted by Crippen LogP contribution is 2.44. The van der Waals surface area contributed by atoms with Crippen LogP contribution in [0.2, 0.25) is 0 Å². The molecule has 0 amide bonds. The molecule has 1 aromatic rings. The second kappa shape index (κ2) is 9.09. The van der Waals surface area contributed by atoms with E-state index in [4.69, 9.17) is 14.2 Å². The number of phenols is 1. The van der Waals surface area contributed by atoms with E-state index in [9.17, 15) is 24.8 Å². The van der Waals surface area contributed by atoms with Crippen molar-refractivity contribution in [2.24, 2.45) is 0 Å². The van der Waals surface area contributed by atoms with Gasteiger partial charge in [0, 0.05) is 25.5 Å². The molecule has 0 unspecified atom stereocenters. The summed E-state index contributed by atoms with van der Waals surface area (Å²) >= 11 is 0. The molecule has 1 heterocycles. The molecule has 156 valence electrons. The number of nitro benzene ring substituents is 1. The van der Waals surface area contributed by atoms with Gasteiger partial charge < -0.3 is 24.2 Å². The molecule has 2 rings (SSSR count). The molecule has 0 aromatic heterocycles. The molecular weight excluding hydrogens is 384 g/mol. The summed E-state index contributed by atoms with van der Waals surface area (Å²) in [5.41, 5.74) is -0.258. The van der Waals surface area contributed by atoms with Gasteiger partial charge in [-0.05, 0) is 25.5 Å². The summed E-state index contributed by atoms with van der Waals surface area (Å²) < 4.78 is 15.2. The van der Waals surface area contributed by atoms with Crippen molar-refractivity contribution in [2.45, 2.75) is 19.8 Å². The van der Waals surface area contributed by atoms with Crippen LogP contribution in [-0.4, -0.2) is 54.2 Å². The Bertz CT molecular complexity index is 854. The lowest BCUT2D eigenvalue weighted by atomic mass is 9.83. The molecule has 29 heavy (non-hydrogen) atoms. The first-order valence-corrected chi connectivity index (χ1v) is 8.79. The zero-order valence-corrected chi connectivity index (χ0v) is 16.5. The second-order valence-electron chi connectivity index (χ2n) is 6.06. The number of nitrogens with zero attached hydrogens (tertiary/aromatic N) is 2. The highest BCUT2D eigenvalue weighted by molar-refractivity contribution is 5.98. The first-order valence-electron chi connectivity index (χ1n) is 8.79. The van der Waals surface area contributed by atoms with Gasteiger partial charge in [-0.2, -0.15) is 0 Å². The first kappa shape index (κ1) is 21.7. The van der Waals surface area contributed by atoms with Crippen molar-refractivity contribution in [1.29, 1.82) is 0 Å². The van der Waals surface area contributed by atoms with Crippen LogP contribution in [-0.2, 0) is 19.1 Å². The monoisotopic (exact) mass is 406 g/mol. The third kappa shape index (κ3) is 4.48. The lowest BCUT2D eigenvalue weighted by Crippen LogP contribution is -2.28. The van der Waals surface area contributed by atoms with Crippen molar-refractivity contribution in [3.05, 3.63) is 51.4 Å². The molecule has 0 aliphatic carbocycles. The summed E-state index contributed by atoms with van der Waals surface area (Å²) in [7, 11) is 2.86. The van der Waals surface area contributed by atoms with Crippen molar-refractivity contribution in [2.75, 3.05) is 27.4 Å². The van der Waals surface area contributed by atoms with Gasteiger partial charge in [0.1, 0.15) is 0 Å². The van der Waals surface area contributed by atoms with Crippen molar-refractivity contribution < 1.29 is 33.8 Å². The van der Waals surface area contributed by atoms with Crippen LogP contribution < -0.4 is 4.74 Å². The fraction of sp³-hybridized carbons (Fsp3) is 0.368. The van der Waals surface area contributed by atoms with Crippen molar-refractivity contribution in [3.8, 4) is 11.5 Å². The molecule has 1 aliphatic rings. The third-order valence-corrected chi connectivity index (χ3v) is 4.16. The Hall–Kier alpha value is -3.56. The minimum absolute atomic E-state index is 0.0851. The van der Waals surface area contributed by atoms with E-state index in [0.717, 1.165) is 6.07 Å². The van der Waals surface area contributed by atoms with Gasteiger partial charge in [0.25, 0.3) is 0 Å². The van der Waals surface area contributed by atoms with Gasteiger partial charge in [0.15, 0.2) is 5.75 Å². The zero-order chi connectivity index (χ0) is 21.7. The Morgan fingerprint density at radius 3 is 2.07 bits per heavy atom. The predicted molar refractivity (Wildman–Crippen MR) is 101 cm³/mol. The van der Waals surface area contributed by atoms with Gasteiger partial charge in [0.05, 0.1) is 42.3 Å². The smallest absolute Gasteiger partial charge is 0.336 e. The predicted octanol–water partition coefficient (Wildman–Crippen LogP) is 2.23. The van der Waals surface area contributed by atoms with Crippen LogP contribution in [0, 0.1) is 10.1 Å².